The minimum Gasteiger partial charge on any atom is -0.508 e. The van der Waals surface area contributed by atoms with Crippen LogP contribution in [0.4, 0.5) is 5.69 Å². The molecular formula is C47H48N4O5. The van der Waals surface area contributed by atoms with Gasteiger partial charge in [-0.3, -0.25) is 34.3 Å². The number of carbonyl (C=O) groups is 4. The van der Waals surface area contributed by atoms with Gasteiger partial charge in [0.15, 0.2) is 0 Å². The highest BCUT2D eigenvalue weighted by atomic mass is 16.3. The molecule has 286 valence electrons. The number of fused-ring (bicyclic) bond motifs is 3. The summed E-state index contributed by atoms with van der Waals surface area (Å²) in [6.45, 7) is 3.68. The minimum atomic E-state index is -0.940. The van der Waals surface area contributed by atoms with Crippen molar-refractivity contribution in [1.82, 2.24) is 15.1 Å². The van der Waals surface area contributed by atoms with Crippen LogP contribution in [0, 0.1) is 5.41 Å². The highest BCUT2D eigenvalue weighted by Crippen LogP contribution is 2.49. The summed E-state index contributed by atoms with van der Waals surface area (Å²) in [5.41, 5.74) is 9.93. The van der Waals surface area contributed by atoms with Gasteiger partial charge < -0.3 is 10.0 Å². The summed E-state index contributed by atoms with van der Waals surface area (Å²) >= 11 is 0. The van der Waals surface area contributed by atoms with Gasteiger partial charge in [-0.05, 0) is 139 Å². The van der Waals surface area contributed by atoms with Gasteiger partial charge in [-0.15, -0.1) is 0 Å². The van der Waals surface area contributed by atoms with E-state index in [-0.39, 0.29) is 24.7 Å². The molecular weight excluding hydrogens is 701 g/mol. The fraction of sp³-hybridized carbons (Fsp3) is 0.404. The zero-order chi connectivity index (χ0) is 38.1. The lowest BCUT2D eigenvalue weighted by Crippen LogP contribution is -2.54. The highest BCUT2D eigenvalue weighted by Gasteiger charge is 2.46. The van der Waals surface area contributed by atoms with Crippen LogP contribution in [-0.2, 0) is 29.1 Å². The van der Waals surface area contributed by atoms with Gasteiger partial charge >= 0.3 is 0 Å². The van der Waals surface area contributed by atoms with Crippen LogP contribution in [0.2, 0.25) is 0 Å². The molecule has 3 fully saturated rings. The average molecular weight is 749 g/mol. The predicted octanol–water partition coefficient (Wildman–Crippen LogP) is 7.20. The number of anilines is 1. The van der Waals surface area contributed by atoms with Gasteiger partial charge in [0.05, 0.1) is 11.1 Å². The van der Waals surface area contributed by atoms with E-state index >= 15 is 0 Å². The molecule has 1 unspecified atom stereocenters. The molecule has 3 atom stereocenters. The monoisotopic (exact) mass is 748 g/mol. The second-order valence-electron chi connectivity index (χ2n) is 17.2. The summed E-state index contributed by atoms with van der Waals surface area (Å²) in [6, 6.07) is 29.5. The third-order valence-corrected chi connectivity index (χ3v) is 14.3. The maximum Gasteiger partial charge on any atom is 0.262 e. The number of imide groups is 2. The molecule has 4 aliphatic heterocycles. The first kappa shape index (κ1) is 35.2. The van der Waals surface area contributed by atoms with E-state index in [0.29, 0.717) is 34.3 Å². The topological polar surface area (TPSA) is 110 Å². The Kier molecular flexibility index (Phi) is 8.62. The number of aromatic hydroxyl groups is 1. The van der Waals surface area contributed by atoms with Crippen molar-refractivity contribution in [3.8, 4) is 5.75 Å². The zero-order valence-corrected chi connectivity index (χ0v) is 31.7. The molecule has 0 bridgehead atoms. The van der Waals surface area contributed by atoms with Gasteiger partial charge in [-0.25, -0.2) is 0 Å². The lowest BCUT2D eigenvalue weighted by molar-refractivity contribution is -0.136. The predicted molar refractivity (Wildman–Crippen MR) is 212 cm³/mol. The van der Waals surface area contributed by atoms with Gasteiger partial charge in [0, 0.05) is 50.2 Å². The minimum absolute atomic E-state index is 0.116. The largest absolute Gasteiger partial charge is 0.508 e. The van der Waals surface area contributed by atoms with Crippen molar-refractivity contribution in [2.45, 2.75) is 101 Å². The summed E-state index contributed by atoms with van der Waals surface area (Å²) in [5, 5.41) is 12.5. The van der Waals surface area contributed by atoms with Crippen molar-refractivity contribution in [3.05, 3.63) is 129 Å². The Labute approximate surface area is 327 Å². The molecule has 2 N–H and O–H groups in total. The quantitative estimate of drug-likeness (QED) is 0.208. The number of piperidine rings is 2. The molecule has 1 spiro atoms. The van der Waals surface area contributed by atoms with Crippen LogP contribution in [0.25, 0.3) is 0 Å². The van der Waals surface area contributed by atoms with Crippen molar-refractivity contribution < 1.29 is 24.3 Å². The molecule has 1 saturated carbocycles. The lowest BCUT2D eigenvalue weighted by Gasteiger charge is -2.48. The molecule has 10 rings (SSSR count). The Balaban J connectivity index is 0.764. The summed E-state index contributed by atoms with van der Waals surface area (Å²) in [4.78, 5) is 57.1. The van der Waals surface area contributed by atoms with Gasteiger partial charge in [0.25, 0.3) is 11.8 Å². The number of nitrogens with one attached hydrogen (secondary N) is 1. The van der Waals surface area contributed by atoms with Gasteiger partial charge in [-0.1, -0.05) is 48.5 Å². The van der Waals surface area contributed by atoms with Gasteiger partial charge in [-0.2, -0.15) is 0 Å². The second kappa shape index (κ2) is 13.7. The van der Waals surface area contributed by atoms with Crippen LogP contribution in [0.15, 0.2) is 84.9 Å². The summed E-state index contributed by atoms with van der Waals surface area (Å²) in [5.74, 6) is -0.826. The van der Waals surface area contributed by atoms with E-state index in [1.54, 1.807) is 0 Å². The Morgan fingerprint density at radius 3 is 2.00 bits per heavy atom. The van der Waals surface area contributed by atoms with E-state index < -0.39 is 23.8 Å². The number of amides is 4. The first-order chi connectivity index (χ1) is 27.2. The fourth-order valence-corrected chi connectivity index (χ4v) is 11.1. The molecule has 2 saturated heterocycles. The molecule has 0 aromatic heterocycles. The third-order valence-electron chi connectivity index (χ3n) is 14.3. The number of hydrogen-bond donors (Lipinski definition) is 2. The van der Waals surface area contributed by atoms with E-state index in [9.17, 15) is 24.3 Å². The smallest absolute Gasteiger partial charge is 0.262 e. The van der Waals surface area contributed by atoms with Crippen molar-refractivity contribution in [2.75, 3.05) is 18.0 Å². The number of nitrogens with zero attached hydrogens (tertiary/aromatic N) is 3. The second-order valence-corrected chi connectivity index (χ2v) is 17.2. The van der Waals surface area contributed by atoms with E-state index in [1.807, 2.05) is 24.3 Å². The van der Waals surface area contributed by atoms with Crippen molar-refractivity contribution >= 4 is 29.3 Å². The Morgan fingerprint density at radius 1 is 0.661 bits per heavy atom. The standard InChI is InChI=1S/C47H48N4O5/c52-36-11-13-38-31(24-36)8-12-37(29-4-2-1-3-5-29)43(38)30-6-9-34(10-7-30)49-22-20-47(21-23-49)18-16-35(17-19-47)50-27-32-25-39-40(26-33(32)28-50)46(56)51(45(39)55)41-14-15-42(53)48-44(41)54/h1-7,9-11,13,24-26,35,37,41,43,52H,8,12,14-23,27-28H2,(H,48,53,54)/t37-,41?,43+/m1/s1. The summed E-state index contributed by atoms with van der Waals surface area (Å²) in [7, 11) is 0. The molecule has 4 heterocycles. The normalized spacial score (nSPS) is 25.0. The molecule has 9 heteroatoms. The number of phenolic OH excluding ortho intramolecular Hbond substituents is 1. The van der Waals surface area contributed by atoms with Crippen LogP contribution in [-0.4, -0.2) is 63.7 Å². The molecule has 4 amide bonds. The highest BCUT2D eigenvalue weighted by molar-refractivity contribution is 6.23. The van der Waals surface area contributed by atoms with Gasteiger partial charge in [0.2, 0.25) is 11.8 Å². The first-order valence-corrected chi connectivity index (χ1v) is 20.6. The van der Waals surface area contributed by atoms with Crippen LogP contribution in [0.1, 0.15) is 124 Å². The fourth-order valence-electron chi connectivity index (χ4n) is 11.1. The van der Waals surface area contributed by atoms with E-state index in [2.05, 4.69) is 75.8 Å². The molecule has 9 nitrogen and oxygen atoms in total. The number of phenols is 1. The molecule has 2 aliphatic carbocycles. The van der Waals surface area contributed by atoms with E-state index in [4.69, 9.17) is 0 Å². The van der Waals surface area contributed by atoms with Crippen LogP contribution < -0.4 is 10.2 Å². The number of carbonyl (C=O) groups excluding carboxylic acids is 4. The van der Waals surface area contributed by atoms with E-state index in [1.165, 1.54) is 53.6 Å². The molecule has 6 aliphatic rings. The third kappa shape index (κ3) is 6.02. The maximum absolute atomic E-state index is 13.4. The average Bonchev–Trinajstić information content (AvgIpc) is 3.74. The van der Waals surface area contributed by atoms with Gasteiger partial charge in [0.1, 0.15) is 11.8 Å². The lowest BCUT2D eigenvalue weighted by atomic mass is 9.66. The maximum atomic E-state index is 13.4. The molecule has 4 aromatic carbocycles. The Hall–Kier alpha value is -5.28. The molecule has 56 heavy (non-hydrogen) atoms. The van der Waals surface area contributed by atoms with Crippen LogP contribution in [0.5, 0.6) is 5.75 Å². The van der Waals surface area contributed by atoms with E-state index in [0.717, 1.165) is 67.9 Å². The molecule has 4 aromatic rings. The SMILES string of the molecule is O=C1CCC(N2C(=O)c3cc4c(cc3C2=O)CN(C2CCC3(CC2)CCN(c2ccc([C@@H]5c6ccc(O)cc6CC[C@@H]5c5ccccc5)cc2)CC3)C4)C(=O)N1. The zero-order valence-electron chi connectivity index (χ0n) is 31.7. The Bertz CT molecular complexity index is 2190. The van der Waals surface area contributed by atoms with Crippen LogP contribution >= 0.6 is 0 Å². The van der Waals surface area contributed by atoms with Crippen molar-refractivity contribution in [3.63, 3.8) is 0 Å². The Morgan fingerprint density at radius 2 is 1.34 bits per heavy atom. The number of hydrogen-bond acceptors (Lipinski definition) is 7. The molecule has 0 radical (unpaired) electrons. The summed E-state index contributed by atoms with van der Waals surface area (Å²) in [6.07, 6.45) is 9.49. The number of rotatable bonds is 5. The van der Waals surface area contributed by atoms with Crippen LogP contribution in [0.3, 0.4) is 0 Å². The van der Waals surface area contributed by atoms with Crippen molar-refractivity contribution in [1.29, 1.82) is 0 Å². The number of aryl methyl sites for hydroxylation is 1. The number of benzene rings is 4. The van der Waals surface area contributed by atoms with Crippen molar-refractivity contribution in [2.24, 2.45) is 5.41 Å². The first-order valence-electron chi connectivity index (χ1n) is 20.6. The summed E-state index contributed by atoms with van der Waals surface area (Å²) < 4.78 is 0.